The van der Waals surface area contributed by atoms with E-state index in [9.17, 15) is 9.59 Å². The third kappa shape index (κ3) is 5.82. The Morgan fingerprint density at radius 2 is 1.89 bits per heavy atom. The minimum Gasteiger partial charge on any atom is -0.400 e. The molecule has 4 N–H and O–H groups in total. The van der Waals surface area contributed by atoms with E-state index in [1.165, 1.54) is 11.3 Å². The molecule has 2 aromatic carbocycles. The number of amides is 2. The van der Waals surface area contributed by atoms with Crippen molar-refractivity contribution in [1.29, 1.82) is 0 Å². The number of carbonyl (C=O) groups excluding carboxylic acids is 2. The molecule has 0 unspecified atom stereocenters. The maximum atomic E-state index is 13.0. The van der Waals surface area contributed by atoms with Crippen LogP contribution in [0, 0.1) is 0 Å². The molecule has 1 fully saturated rings. The van der Waals surface area contributed by atoms with Gasteiger partial charge in [-0.05, 0) is 50.2 Å². The number of nitrogens with zero attached hydrogens (tertiary/aromatic N) is 3. The number of nitrogens with one attached hydrogen (secondary N) is 2. The fourth-order valence-electron chi connectivity index (χ4n) is 3.76. The quantitative estimate of drug-likeness (QED) is 0.363. The van der Waals surface area contributed by atoms with E-state index in [-0.39, 0.29) is 17.3 Å². The molecule has 9 heteroatoms. The van der Waals surface area contributed by atoms with E-state index < -0.39 is 5.91 Å². The van der Waals surface area contributed by atoms with Crippen molar-refractivity contribution in [3.63, 3.8) is 0 Å². The number of fused-ring (bicyclic) bond motifs is 1. The normalized spacial score (nSPS) is 15.3. The Hall–Kier alpha value is -3.82. The summed E-state index contributed by atoms with van der Waals surface area (Å²) in [6.45, 7) is 8.61. The van der Waals surface area contributed by atoms with E-state index >= 15 is 0 Å². The van der Waals surface area contributed by atoms with Gasteiger partial charge >= 0.3 is 0 Å². The van der Waals surface area contributed by atoms with Crippen LogP contribution >= 0.6 is 11.3 Å². The van der Waals surface area contributed by atoms with Gasteiger partial charge in [0.05, 0.1) is 15.9 Å². The Labute approximate surface area is 208 Å². The van der Waals surface area contributed by atoms with E-state index in [4.69, 9.17) is 5.73 Å². The third-order valence-electron chi connectivity index (χ3n) is 5.58. The topological polar surface area (TPSA) is 113 Å². The number of nitrogens with two attached hydrogens (primary N) is 1. The van der Waals surface area contributed by atoms with E-state index in [0.29, 0.717) is 23.0 Å². The van der Waals surface area contributed by atoms with Crippen molar-refractivity contribution in [2.45, 2.75) is 13.3 Å². The lowest BCUT2D eigenvalue weighted by Crippen LogP contribution is -2.34. The summed E-state index contributed by atoms with van der Waals surface area (Å²) in [4.78, 5) is 36.7. The second-order valence-corrected chi connectivity index (χ2v) is 9.18. The van der Waals surface area contributed by atoms with E-state index in [1.54, 1.807) is 37.3 Å². The van der Waals surface area contributed by atoms with Gasteiger partial charge in [0.2, 0.25) is 0 Å². The first-order valence-electron chi connectivity index (χ1n) is 11.4. The number of benzene rings is 2. The average molecular weight is 489 g/mol. The molecule has 0 radical (unpaired) electrons. The third-order valence-corrected chi connectivity index (χ3v) is 6.54. The van der Waals surface area contributed by atoms with E-state index in [0.717, 1.165) is 41.8 Å². The maximum Gasteiger partial charge on any atom is 0.277 e. The van der Waals surface area contributed by atoms with Crippen molar-refractivity contribution in [3.05, 3.63) is 83.7 Å². The number of thiazole rings is 1. The summed E-state index contributed by atoms with van der Waals surface area (Å²) >= 11 is 1.38. The summed E-state index contributed by atoms with van der Waals surface area (Å²) < 4.78 is 0.971. The van der Waals surface area contributed by atoms with E-state index in [1.807, 2.05) is 29.2 Å². The lowest BCUT2D eigenvalue weighted by atomic mass is 10.1. The lowest BCUT2D eigenvalue weighted by Gasteiger charge is -2.20. The highest BCUT2D eigenvalue weighted by Gasteiger charge is 2.18. The number of aromatic nitrogens is 1. The Kier molecular flexibility index (Phi) is 7.69. The van der Waals surface area contributed by atoms with Crippen LogP contribution in [-0.4, -0.2) is 53.6 Å². The zero-order chi connectivity index (χ0) is 24.8. The number of anilines is 1. The molecular weight excluding hydrogens is 460 g/mol. The van der Waals surface area contributed by atoms with Crippen LogP contribution in [0.15, 0.2) is 77.6 Å². The molecule has 3 aromatic rings. The van der Waals surface area contributed by atoms with Gasteiger partial charge in [-0.3, -0.25) is 14.9 Å². The second kappa shape index (κ2) is 11.1. The van der Waals surface area contributed by atoms with Gasteiger partial charge in [-0.25, -0.2) is 9.98 Å². The summed E-state index contributed by atoms with van der Waals surface area (Å²) in [5, 5.41) is 6.56. The summed E-state index contributed by atoms with van der Waals surface area (Å²) in [5.74, 6) is -0.448. The molecular formula is C26H28N6O2S. The number of hydrogen-bond donors (Lipinski definition) is 3. The monoisotopic (exact) mass is 488 g/mol. The molecule has 1 aliphatic heterocycles. The van der Waals surface area contributed by atoms with Gasteiger partial charge in [-0.2, -0.15) is 0 Å². The van der Waals surface area contributed by atoms with Gasteiger partial charge in [0.25, 0.3) is 11.8 Å². The number of carbonyl (C=O) groups is 2. The highest BCUT2D eigenvalue weighted by Crippen LogP contribution is 2.26. The van der Waals surface area contributed by atoms with Gasteiger partial charge in [0.15, 0.2) is 5.13 Å². The number of hydrogen-bond acceptors (Lipinski definition) is 7. The molecule has 0 aliphatic carbocycles. The summed E-state index contributed by atoms with van der Waals surface area (Å²) in [7, 11) is 0. The van der Waals surface area contributed by atoms with Crippen molar-refractivity contribution < 1.29 is 9.59 Å². The van der Waals surface area contributed by atoms with Crippen molar-refractivity contribution in [1.82, 2.24) is 15.2 Å². The number of allylic oxidation sites excluding steroid dienone is 2. The molecule has 1 saturated heterocycles. The Morgan fingerprint density at radius 3 is 2.60 bits per heavy atom. The summed E-state index contributed by atoms with van der Waals surface area (Å²) in [5.41, 5.74) is 8.98. The number of aliphatic imine (C=N–C) groups is 1. The molecule has 2 amide bonds. The predicted molar refractivity (Wildman–Crippen MR) is 142 cm³/mol. The van der Waals surface area contributed by atoms with Crippen LogP contribution < -0.4 is 16.4 Å². The van der Waals surface area contributed by atoms with Gasteiger partial charge in [0.1, 0.15) is 5.70 Å². The number of para-hydroxylation sites is 1. The van der Waals surface area contributed by atoms with Gasteiger partial charge < -0.3 is 16.0 Å². The summed E-state index contributed by atoms with van der Waals surface area (Å²) in [6, 6.07) is 14.8. The van der Waals surface area contributed by atoms with Crippen LogP contribution in [0.2, 0.25) is 0 Å². The maximum absolute atomic E-state index is 13.0. The molecule has 8 nitrogen and oxygen atoms in total. The van der Waals surface area contributed by atoms with Gasteiger partial charge in [0, 0.05) is 36.5 Å². The molecule has 35 heavy (non-hydrogen) atoms. The first kappa shape index (κ1) is 24.3. The minimum absolute atomic E-state index is 0.00550. The Morgan fingerprint density at radius 1 is 1.14 bits per heavy atom. The molecule has 180 valence electrons. The predicted octanol–water partition coefficient (Wildman–Crippen LogP) is 3.54. The lowest BCUT2D eigenvalue weighted by molar-refractivity contribution is -0.112. The van der Waals surface area contributed by atoms with Crippen molar-refractivity contribution >= 4 is 44.2 Å². The molecule has 2 heterocycles. The van der Waals surface area contributed by atoms with E-state index in [2.05, 4.69) is 27.2 Å². The van der Waals surface area contributed by atoms with Crippen molar-refractivity contribution in [2.75, 3.05) is 31.5 Å². The standard InChI is InChI=1S/C26H28N6O2S/c1-3-20(18-9-11-19(12-10-18)25(34)32-15-6-13-28-14-16-32)29-23(17(2)27)24(33)31-26-30-21-7-4-5-8-22(21)35-26/h3-5,7-12,28H,1,6,13-16,27H2,2H3,(H,30,31,33)/b23-17+,29-20+. The first-order chi connectivity index (χ1) is 17.0. The van der Waals surface area contributed by atoms with Crippen LogP contribution in [0.3, 0.4) is 0 Å². The zero-order valence-corrected chi connectivity index (χ0v) is 20.4. The minimum atomic E-state index is -0.454. The molecule has 0 saturated carbocycles. The SMILES string of the molecule is C=C/C(=N\C(C(=O)Nc1nc2ccccc2s1)=C(/C)N)c1ccc(C(=O)N2CCCNCC2)cc1. The van der Waals surface area contributed by atoms with Crippen LogP contribution in [0.1, 0.15) is 29.3 Å². The summed E-state index contributed by atoms with van der Waals surface area (Å²) in [6.07, 6.45) is 2.49. The van der Waals surface area contributed by atoms with Crippen LogP contribution in [0.25, 0.3) is 10.2 Å². The smallest absolute Gasteiger partial charge is 0.277 e. The van der Waals surface area contributed by atoms with Crippen LogP contribution in [0.4, 0.5) is 5.13 Å². The van der Waals surface area contributed by atoms with Crippen molar-refractivity contribution in [3.8, 4) is 0 Å². The largest absolute Gasteiger partial charge is 0.400 e. The fourth-order valence-corrected chi connectivity index (χ4v) is 4.62. The molecule has 4 rings (SSSR count). The zero-order valence-electron chi connectivity index (χ0n) is 19.6. The average Bonchev–Trinajstić information content (AvgIpc) is 3.07. The second-order valence-electron chi connectivity index (χ2n) is 8.15. The highest BCUT2D eigenvalue weighted by atomic mass is 32.1. The molecule has 1 aromatic heterocycles. The van der Waals surface area contributed by atoms with Gasteiger partial charge in [-0.15, -0.1) is 0 Å². The molecule has 0 bridgehead atoms. The van der Waals surface area contributed by atoms with Gasteiger partial charge in [-0.1, -0.05) is 42.2 Å². The Balaban J connectivity index is 1.53. The Bertz CT molecular complexity index is 1260. The highest BCUT2D eigenvalue weighted by molar-refractivity contribution is 7.22. The van der Waals surface area contributed by atoms with Crippen molar-refractivity contribution in [2.24, 2.45) is 10.7 Å². The first-order valence-corrected chi connectivity index (χ1v) is 12.2. The van der Waals surface area contributed by atoms with Crippen LogP contribution in [-0.2, 0) is 4.79 Å². The van der Waals surface area contributed by atoms with Crippen LogP contribution in [0.5, 0.6) is 0 Å². The molecule has 0 atom stereocenters. The molecule has 1 aliphatic rings. The molecule has 0 spiro atoms. The number of rotatable bonds is 6. The fraction of sp³-hybridized carbons (Fsp3) is 0.231.